The fraction of sp³-hybridized carbons (Fsp3) is 0.125. The van der Waals surface area contributed by atoms with Gasteiger partial charge < -0.3 is 9.73 Å². The summed E-state index contributed by atoms with van der Waals surface area (Å²) in [7, 11) is 0. The zero-order valence-electron chi connectivity index (χ0n) is 11.3. The second-order valence-electron chi connectivity index (χ2n) is 4.69. The maximum atomic E-state index is 13.2. The fourth-order valence-electron chi connectivity index (χ4n) is 2.17. The number of hydrogen-bond acceptors (Lipinski definition) is 3. The minimum absolute atomic E-state index is 0.151. The Labute approximate surface area is 131 Å². The van der Waals surface area contributed by atoms with Crippen molar-refractivity contribution in [2.45, 2.75) is 13.0 Å². The molecular formula is C16H13ClFNOS. The van der Waals surface area contributed by atoms with E-state index in [9.17, 15) is 4.39 Å². The minimum atomic E-state index is -0.244. The number of thiophene rings is 1. The molecule has 0 fully saturated rings. The lowest BCUT2D eigenvalue weighted by atomic mass is 10.1. The van der Waals surface area contributed by atoms with Crippen LogP contribution in [0.5, 0.6) is 0 Å². The van der Waals surface area contributed by atoms with Crippen molar-refractivity contribution in [3.8, 4) is 0 Å². The standard InChI is InChI=1S/C16H13ClFNOS/c1-10-9-11(18)4-5-12(10)19-16(13-3-2-8-20-13)14-6-7-15(17)21-14/h2-9,16,19H,1H3. The molecule has 0 aliphatic heterocycles. The number of nitrogens with one attached hydrogen (secondary N) is 1. The molecule has 5 heteroatoms. The van der Waals surface area contributed by atoms with Gasteiger partial charge in [-0.1, -0.05) is 11.6 Å². The highest BCUT2D eigenvalue weighted by molar-refractivity contribution is 7.16. The molecule has 1 atom stereocenters. The van der Waals surface area contributed by atoms with Crippen LogP contribution < -0.4 is 5.32 Å². The van der Waals surface area contributed by atoms with E-state index < -0.39 is 0 Å². The van der Waals surface area contributed by atoms with Crippen molar-refractivity contribution >= 4 is 28.6 Å². The van der Waals surface area contributed by atoms with Crippen LogP contribution in [0.4, 0.5) is 10.1 Å². The van der Waals surface area contributed by atoms with Gasteiger partial charge in [-0.15, -0.1) is 11.3 Å². The predicted molar refractivity (Wildman–Crippen MR) is 84.6 cm³/mol. The smallest absolute Gasteiger partial charge is 0.131 e. The summed E-state index contributed by atoms with van der Waals surface area (Å²) < 4.78 is 19.5. The number of furan rings is 1. The maximum Gasteiger partial charge on any atom is 0.131 e. The van der Waals surface area contributed by atoms with E-state index >= 15 is 0 Å². The highest BCUT2D eigenvalue weighted by Crippen LogP contribution is 2.34. The van der Waals surface area contributed by atoms with Crippen LogP contribution in [0.1, 0.15) is 22.2 Å². The molecule has 0 saturated carbocycles. The van der Waals surface area contributed by atoms with Crippen LogP contribution in [0.2, 0.25) is 4.34 Å². The average Bonchev–Trinajstić information content (AvgIpc) is 3.09. The van der Waals surface area contributed by atoms with E-state index in [-0.39, 0.29) is 11.9 Å². The Kier molecular flexibility index (Phi) is 3.99. The van der Waals surface area contributed by atoms with Gasteiger partial charge in [-0.3, -0.25) is 0 Å². The topological polar surface area (TPSA) is 25.2 Å². The third-order valence-corrected chi connectivity index (χ3v) is 4.49. The molecule has 3 rings (SSSR count). The Bertz CT molecular complexity index is 739. The van der Waals surface area contributed by atoms with Crippen molar-refractivity contribution in [3.05, 3.63) is 75.1 Å². The van der Waals surface area contributed by atoms with Crippen molar-refractivity contribution < 1.29 is 8.81 Å². The Balaban J connectivity index is 1.96. The molecule has 0 aliphatic carbocycles. The van der Waals surface area contributed by atoms with Gasteiger partial charge in [0.2, 0.25) is 0 Å². The van der Waals surface area contributed by atoms with Crippen LogP contribution in [-0.2, 0) is 0 Å². The first-order valence-corrected chi connectivity index (χ1v) is 7.64. The Hall–Kier alpha value is -1.78. The minimum Gasteiger partial charge on any atom is -0.467 e. The van der Waals surface area contributed by atoms with Crippen molar-refractivity contribution in [1.82, 2.24) is 0 Å². The number of benzene rings is 1. The van der Waals surface area contributed by atoms with E-state index in [1.807, 2.05) is 31.2 Å². The molecule has 0 bridgehead atoms. The van der Waals surface area contributed by atoms with Gasteiger partial charge in [-0.25, -0.2) is 4.39 Å². The van der Waals surface area contributed by atoms with E-state index in [1.165, 1.54) is 23.5 Å². The lowest BCUT2D eigenvalue weighted by molar-refractivity contribution is 0.500. The van der Waals surface area contributed by atoms with Crippen LogP contribution in [0.3, 0.4) is 0 Å². The molecule has 1 aromatic carbocycles. The second kappa shape index (κ2) is 5.92. The Morgan fingerprint density at radius 3 is 2.71 bits per heavy atom. The molecule has 1 unspecified atom stereocenters. The van der Waals surface area contributed by atoms with Gasteiger partial charge >= 0.3 is 0 Å². The summed E-state index contributed by atoms with van der Waals surface area (Å²) in [5.41, 5.74) is 1.71. The lowest BCUT2D eigenvalue weighted by Gasteiger charge is -2.18. The van der Waals surface area contributed by atoms with Gasteiger partial charge in [0.1, 0.15) is 17.6 Å². The predicted octanol–water partition coefficient (Wildman–Crippen LogP) is 5.64. The van der Waals surface area contributed by atoms with Crippen molar-refractivity contribution in [2.75, 3.05) is 5.32 Å². The normalized spacial score (nSPS) is 12.3. The second-order valence-corrected chi connectivity index (χ2v) is 6.44. The van der Waals surface area contributed by atoms with Gasteiger partial charge in [0.15, 0.2) is 0 Å². The molecule has 0 aliphatic rings. The zero-order valence-corrected chi connectivity index (χ0v) is 12.8. The molecule has 2 heterocycles. The third-order valence-electron chi connectivity index (χ3n) is 3.19. The van der Waals surface area contributed by atoms with E-state index in [4.69, 9.17) is 16.0 Å². The van der Waals surface area contributed by atoms with Crippen molar-refractivity contribution in [2.24, 2.45) is 0 Å². The first-order chi connectivity index (χ1) is 10.1. The Morgan fingerprint density at radius 2 is 2.10 bits per heavy atom. The van der Waals surface area contributed by atoms with Crippen LogP contribution in [0.15, 0.2) is 53.1 Å². The molecule has 21 heavy (non-hydrogen) atoms. The number of halogens is 2. The molecule has 0 saturated heterocycles. The highest BCUT2D eigenvalue weighted by Gasteiger charge is 2.19. The summed E-state index contributed by atoms with van der Waals surface area (Å²) in [6.07, 6.45) is 1.64. The summed E-state index contributed by atoms with van der Waals surface area (Å²) >= 11 is 7.52. The largest absolute Gasteiger partial charge is 0.467 e. The highest BCUT2D eigenvalue weighted by atomic mass is 35.5. The van der Waals surface area contributed by atoms with E-state index in [2.05, 4.69) is 5.32 Å². The molecule has 2 aromatic heterocycles. The van der Waals surface area contributed by atoms with Crippen LogP contribution in [-0.4, -0.2) is 0 Å². The first-order valence-electron chi connectivity index (χ1n) is 6.45. The molecule has 108 valence electrons. The Morgan fingerprint density at radius 1 is 1.24 bits per heavy atom. The summed E-state index contributed by atoms with van der Waals surface area (Å²) in [6, 6.07) is 12.1. The van der Waals surface area contributed by atoms with Crippen molar-refractivity contribution in [1.29, 1.82) is 0 Å². The SMILES string of the molecule is Cc1cc(F)ccc1NC(c1ccco1)c1ccc(Cl)s1. The molecule has 0 spiro atoms. The van der Waals surface area contributed by atoms with Crippen molar-refractivity contribution in [3.63, 3.8) is 0 Å². The number of hydrogen-bond donors (Lipinski definition) is 1. The van der Waals surface area contributed by atoms with Gasteiger partial charge in [0, 0.05) is 10.6 Å². The average molecular weight is 322 g/mol. The van der Waals surface area contributed by atoms with Crippen LogP contribution >= 0.6 is 22.9 Å². The molecule has 0 amide bonds. The molecule has 1 N–H and O–H groups in total. The summed E-state index contributed by atoms with van der Waals surface area (Å²) in [5, 5.41) is 3.40. The summed E-state index contributed by atoms with van der Waals surface area (Å²) in [4.78, 5) is 1.04. The van der Waals surface area contributed by atoms with Gasteiger partial charge in [0.25, 0.3) is 0 Å². The lowest BCUT2D eigenvalue weighted by Crippen LogP contribution is -2.11. The summed E-state index contributed by atoms with van der Waals surface area (Å²) in [5.74, 6) is 0.545. The number of rotatable bonds is 4. The van der Waals surface area contributed by atoms with Gasteiger partial charge in [0.05, 0.1) is 10.6 Å². The van der Waals surface area contributed by atoms with Crippen LogP contribution in [0, 0.1) is 12.7 Å². The molecule has 0 radical (unpaired) electrons. The number of anilines is 1. The molecule has 2 nitrogen and oxygen atoms in total. The zero-order chi connectivity index (χ0) is 14.8. The number of aryl methyl sites for hydroxylation is 1. The van der Waals surface area contributed by atoms with Gasteiger partial charge in [-0.05, 0) is 55.0 Å². The first kappa shape index (κ1) is 14.2. The molecule has 3 aromatic rings. The van der Waals surface area contributed by atoms with E-state index in [1.54, 1.807) is 12.3 Å². The van der Waals surface area contributed by atoms with Crippen LogP contribution in [0.25, 0.3) is 0 Å². The third kappa shape index (κ3) is 3.12. The summed E-state index contributed by atoms with van der Waals surface area (Å²) in [6.45, 7) is 1.87. The van der Waals surface area contributed by atoms with E-state index in [0.29, 0.717) is 0 Å². The maximum absolute atomic E-state index is 13.2. The monoisotopic (exact) mass is 321 g/mol. The fourth-order valence-corrected chi connectivity index (χ4v) is 3.29. The van der Waals surface area contributed by atoms with Gasteiger partial charge in [-0.2, -0.15) is 0 Å². The quantitative estimate of drug-likeness (QED) is 0.672. The molecular weight excluding hydrogens is 309 g/mol. The van der Waals surface area contributed by atoms with E-state index in [0.717, 1.165) is 26.2 Å².